The number of hydrogen-bond donors (Lipinski definition) is 1. The molecule has 0 aliphatic rings. The molecular weight excluding hydrogens is 258 g/mol. The smallest absolute Gasteiger partial charge is 0.287 e. The van der Waals surface area contributed by atoms with Crippen LogP contribution in [0.2, 0.25) is 0 Å². The van der Waals surface area contributed by atoms with Gasteiger partial charge in [-0.15, -0.1) is 0 Å². The summed E-state index contributed by atoms with van der Waals surface area (Å²) in [5.41, 5.74) is 0.792. The van der Waals surface area contributed by atoms with E-state index in [1.165, 1.54) is 12.3 Å². The van der Waals surface area contributed by atoms with Crippen LogP contribution < -0.4 is 5.32 Å². The second-order valence-electron chi connectivity index (χ2n) is 4.56. The first kappa shape index (κ1) is 14.0. The van der Waals surface area contributed by atoms with Crippen LogP contribution in [-0.4, -0.2) is 26.0 Å². The average molecular weight is 275 g/mol. The maximum atomic E-state index is 10.6. The molecule has 0 bridgehead atoms. The molecule has 0 saturated heterocycles. The Kier molecular flexibility index (Phi) is 4.29. The summed E-state index contributed by atoms with van der Waals surface area (Å²) in [6, 6.07) is 1.52. The Morgan fingerprint density at radius 3 is 2.80 bits per heavy atom. The Morgan fingerprint density at radius 1 is 1.40 bits per heavy atom. The number of aryl methyl sites for hydroxylation is 3. The number of hydrogen-bond acceptors (Lipinski definition) is 5. The zero-order valence-electron chi connectivity index (χ0n) is 11.5. The molecule has 0 aliphatic heterocycles. The van der Waals surface area contributed by atoms with E-state index >= 15 is 0 Å². The van der Waals surface area contributed by atoms with Gasteiger partial charge in [0.25, 0.3) is 5.69 Å². The van der Waals surface area contributed by atoms with Gasteiger partial charge in [-0.3, -0.25) is 10.1 Å². The summed E-state index contributed by atoms with van der Waals surface area (Å²) < 4.78 is 2.08. The van der Waals surface area contributed by atoms with Gasteiger partial charge < -0.3 is 9.88 Å². The molecule has 0 amide bonds. The lowest BCUT2D eigenvalue weighted by Gasteiger charge is -2.09. The van der Waals surface area contributed by atoms with Gasteiger partial charge in [0.2, 0.25) is 0 Å². The molecular formula is C13H17N5O2. The lowest BCUT2D eigenvalue weighted by molar-refractivity contribution is -0.385. The van der Waals surface area contributed by atoms with Gasteiger partial charge in [0.15, 0.2) is 0 Å². The Balaban J connectivity index is 1.85. The van der Waals surface area contributed by atoms with Crippen molar-refractivity contribution in [3.05, 3.63) is 46.2 Å². The molecule has 0 aliphatic carbocycles. The van der Waals surface area contributed by atoms with E-state index in [0.717, 1.165) is 30.9 Å². The van der Waals surface area contributed by atoms with Crippen molar-refractivity contribution in [3.8, 4) is 0 Å². The van der Waals surface area contributed by atoms with Gasteiger partial charge in [0.05, 0.1) is 4.92 Å². The van der Waals surface area contributed by atoms with E-state index in [1.54, 1.807) is 6.20 Å². The normalized spacial score (nSPS) is 10.5. The fourth-order valence-corrected chi connectivity index (χ4v) is 1.94. The highest BCUT2D eigenvalue weighted by molar-refractivity contribution is 5.48. The third-order valence-corrected chi connectivity index (χ3v) is 3.07. The van der Waals surface area contributed by atoms with Crippen molar-refractivity contribution in [1.29, 1.82) is 0 Å². The van der Waals surface area contributed by atoms with Crippen LogP contribution in [-0.2, 0) is 6.54 Å². The third-order valence-electron chi connectivity index (χ3n) is 3.07. The first-order valence-corrected chi connectivity index (χ1v) is 6.40. The topological polar surface area (TPSA) is 85.9 Å². The van der Waals surface area contributed by atoms with Crippen LogP contribution in [0, 0.1) is 24.0 Å². The van der Waals surface area contributed by atoms with Crippen molar-refractivity contribution in [2.24, 2.45) is 0 Å². The number of rotatable bonds is 6. The van der Waals surface area contributed by atoms with Crippen LogP contribution in [0.4, 0.5) is 11.5 Å². The summed E-state index contributed by atoms with van der Waals surface area (Å²) in [5, 5.41) is 13.8. The van der Waals surface area contributed by atoms with Crippen LogP contribution in [0.1, 0.15) is 17.8 Å². The first-order valence-electron chi connectivity index (χ1n) is 6.40. The SMILES string of the molecule is Cc1cc([N+](=O)[O-])cnc1NCCCn1ccnc1C. The molecule has 20 heavy (non-hydrogen) atoms. The third kappa shape index (κ3) is 3.31. The largest absolute Gasteiger partial charge is 0.370 e. The molecule has 0 saturated carbocycles. The van der Waals surface area contributed by atoms with Crippen molar-refractivity contribution in [3.63, 3.8) is 0 Å². The summed E-state index contributed by atoms with van der Waals surface area (Å²) >= 11 is 0. The Hall–Kier alpha value is -2.44. The summed E-state index contributed by atoms with van der Waals surface area (Å²) in [4.78, 5) is 18.4. The highest BCUT2D eigenvalue weighted by atomic mass is 16.6. The highest BCUT2D eigenvalue weighted by Crippen LogP contribution is 2.17. The maximum Gasteiger partial charge on any atom is 0.287 e. The van der Waals surface area contributed by atoms with Crippen LogP contribution in [0.25, 0.3) is 0 Å². The number of nitrogens with one attached hydrogen (secondary N) is 1. The van der Waals surface area contributed by atoms with E-state index in [4.69, 9.17) is 0 Å². The van der Waals surface area contributed by atoms with Crippen molar-refractivity contribution in [1.82, 2.24) is 14.5 Å². The van der Waals surface area contributed by atoms with Gasteiger partial charge in [0.1, 0.15) is 17.8 Å². The van der Waals surface area contributed by atoms with E-state index < -0.39 is 4.92 Å². The zero-order chi connectivity index (χ0) is 14.5. The number of nitro groups is 1. The van der Waals surface area contributed by atoms with Crippen molar-refractivity contribution in [2.75, 3.05) is 11.9 Å². The van der Waals surface area contributed by atoms with Gasteiger partial charge in [-0.2, -0.15) is 0 Å². The molecule has 7 heteroatoms. The Labute approximate surface area is 116 Å². The quantitative estimate of drug-likeness (QED) is 0.496. The summed E-state index contributed by atoms with van der Waals surface area (Å²) in [6.45, 7) is 5.41. The molecule has 0 fully saturated rings. The highest BCUT2D eigenvalue weighted by Gasteiger charge is 2.08. The Morgan fingerprint density at radius 2 is 2.20 bits per heavy atom. The number of anilines is 1. The van der Waals surface area contributed by atoms with Crippen molar-refractivity contribution in [2.45, 2.75) is 26.8 Å². The summed E-state index contributed by atoms with van der Waals surface area (Å²) in [7, 11) is 0. The van der Waals surface area contributed by atoms with Gasteiger partial charge >= 0.3 is 0 Å². The van der Waals surface area contributed by atoms with Gasteiger partial charge in [0, 0.05) is 31.5 Å². The molecule has 2 rings (SSSR count). The summed E-state index contributed by atoms with van der Waals surface area (Å²) in [6.07, 6.45) is 5.93. The first-order chi connectivity index (χ1) is 9.58. The second kappa shape index (κ2) is 6.14. The predicted molar refractivity (Wildman–Crippen MR) is 75.7 cm³/mol. The molecule has 2 heterocycles. The average Bonchev–Trinajstić information content (AvgIpc) is 2.81. The minimum absolute atomic E-state index is 0.0158. The monoisotopic (exact) mass is 275 g/mol. The summed E-state index contributed by atoms with van der Waals surface area (Å²) in [5.74, 6) is 1.69. The second-order valence-corrected chi connectivity index (χ2v) is 4.56. The van der Waals surface area contributed by atoms with Crippen LogP contribution >= 0.6 is 0 Å². The van der Waals surface area contributed by atoms with Crippen molar-refractivity contribution >= 4 is 11.5 Å². The zero-order valence-corrected chi connectivity index (χ0v) is 11.5. The number of nitrogens with zero attached hydrogens (tertiary/aromatic N) is 4. The van der Waals surface area contributed by atoms with E-state index in [1.807, 2.05) is 20.0 Å². The van der Waals surface area contributed by atoms with E-state index in [2.05, 4.69) is 19.9 Å². The lowest BCUT2D eigenvalue weighted by Crippen LogP contribution is -2.09. The predicted octanol–water partition coefficient (Wildman–Crippen LogP) is 2.31. The molecule has 0 unspecified atom stereocenters. The molecule has 2 aromatic heterocycles. The molecule has 2 aromatic rings. The number of aromatic nitrogens is 3. The van der Waals surface area contributed by atoms with E-state index in [9.17, 15) is 10.1 Å². The molecule has 1 N–H and O–H groups in total. The van der Waals surface area contributed by atoms with Crippen LogP contribution in [0.15, 0.2) is 24.7 Å². The minimum atomic E-state index is -0.439. The van der Waals surface area contributed by atoms with Crippen LogP contribution in [0.5, 0.6) is 0 Å². The number of imidazole rings is 1. The molecule has 106 valence electrons. The fourth-order valence-electron chi connectivity index (χ4n) is 1.94. The molecule has 0 atom stereocenters. The Bertz CT molecular complexity index is 609. The fraction of sp³-hybridized carbons (Fsp3) is 0.385. The standard InChI is InChI=1S/C13H17N5O2/c1-10-8-12(18(19)20)9-16-13(10)15-4-3-6-17-7-5-14-11(17)2/h5,7-9H,3-4,6H2,1-2H3,(H,15,16). The van der Waals surface area contributed by atoms with E-state index in [0.29, 0.717) is 5.82 Å². The van der Waals surface area contributed by atoms with Gasteiger partial charge in [-0.1, -0.05) is 0 Å². The van der Waals surface area contributed by atoms with E-state index in [-0.39, 0.29) is 5.69 Å². The van der Waals surface area contributed by atoms with Crippen LogP contribution in [0.3, 0.4) is 0 Å². The molecule has 0 radical (unpaired) electrons. The maximum absolute atomic E-state index is 10.6. The minimum Gasteiger partial charge on any atom is -0.370 e. The molecule has 7 nitrogen and oxygen atoms in total. The lowest BCUT2D eigenvalue weighted by atomic mass is 10.2. The number of pyridine rings is 1. The molecule has 0 aromatic carbocycles. The molecule has 0 spiro atoms. The van der Waals surface area contributed by atoms with Crippen molar-refractivity contribution < 1.29 is 4.92 Å². The van der Waals surface area contributed by atoms with Gasteiger partial charge in [-0.25, -0.2) is 9.97 Å². The van der Waals surface area contributed by atoms with Gasteiger partial charge in [-0.05, 0) is 25.8 Å².